The van der Waals surface area contributed by atoms with Crippen LogP contribution in [0.1, 0.15) is 29.1 Å². The minimum Gasteiger partial charge on any atom is -0.314 e. The van der Waals surface area contributed by atoms with Gasteiger partial charge in [-0.2, -0.15) is 0 Å². The second kappa shape index (κ2) is 6.48. The fraction of sp³-hybridized carbons (Fsp3) is 0.438. The quantitative estimate of drug-likeness (QED) is 0.937. The number of aryl methyl sites for hydroxylation is 1. The van der Waals surface area contributed by atoms with Crippen molar-refractivity contribution in [1.82, 2.24) is 15.2 Å². The molecule has 1 fully saturated rings. The number of benzene rings is 1. The summed E-state index contributed by atoms with van der Waals surface area (Å²) in [4.78, 5) is 6.96. The van der Waals surface area contributed by atoms with Gasteiger partial charge in [-0.05, 0) is 17.5 Å². The van der Waals surface area contributed by atoms with E-state index in [2.05, 4.69) is 51.8 Å². The number of aromatic nitrogens is 1. The summed E-state index contributed by atoms with van der Waals surface area (Å²) >= 11 is 1.75. The molecule has 2 heterocycles. The summed E-state index contributed by atoms with van der Waals surface area (Å²) < 4.78 is 0. The number of hydrogen-bond acceptors (Lipinski definition) is 4. The highest BCUT2D eigenvalue weighted by Gasteiger charge is 2.24. The molecule has 0 aliphatic carbocycles. The molecular weight excluding hydrogens is 266 g/mol. The minimum atomic E-state index is 0.457. The summed E-state index contributed by atoms with van der Waals surface area (Å²) in [6.45, 7) is 6.33. The van der Waals surface area contributed by atoms with Crippen molar-refractivity contribution < 1.29 is 0 Å². The predicted octanol–water partition coefficient (Wildman–Crippen LogP) is 2.85. The van der Waals surface area contributed by atoms with Crippen LogP contribution < -0.4 is 5.32 Å². The smallest absolute Gasteiger partial charge is 0.107 e. The first kappa shape index (κ1) is 13.7. The molecule has 1 aromatic heterocycles. The molecule has 3 rings (SSSR count). The molecule has 0 saturated carbocycles. The summed E-state index contributed by atoms with van der Waals surface area (Å²) in [5.74, 6) is 0. The molecule has 3 nitrogen and oxygen atoms in total. The Kier molecular flexibility index (Phi) is 4.45. The van der Waals surface area contributed by atoms with Crippen LogP contribution in [-0.4, -0.2) is 29.5 Å². The molecule has 0 amide bonds. The van der Waals surface area contributed by atoms with E-state index in [0.717, 1.165) is 32.6 Å². The molecule has 1 aromatic carbocycles. The van der Waals surface area contributed by atoms with E-state index in [9.17, 15) is 0 Å². The topological polar surface area (TPSA) is 28.2 Å². The Labute approximate surface area is 124 Å². The lowest BCUT2D eigenvalue weighted by Crippen LogP contribution is -2.45. The van der Waals surface area contributed by atoms with Crippen molar-refractivity contribution in [3.05, 3.63) is 52.0 Å². The fourth-order valence-electron chi connectivity index (χ4n) is 2.74. The summed E-state index contributed by atoms with van der Waals surface area (Å²) in [5.41, 5.74) is 2.81. The second-order valence-corrected chi connectivity index (χ2v) is 6.19. The van der Waals surface area contributed by atoms with Gasteiger partial charge >= 0.3 is 0 Å². The van der Waals surface area contributed by atoms with Gasteiger partial charge in [0.2, 0.25) is 0 Å². The van der Waals surface area contributed by atoms with Crippen LogP contribution in [0, 0.1) is 0 Å². The van der Waals surface area contributed by atoms with Crippen molar-refractivity contribution >= 4 is 11.3 Å². The highest BCUT2D eigenvalue weighted by Crippen LogP contribution is 2.25. The lowest BCUT2D eigenvalue weighted by Gasteiger charge is -2.36. The van der Waals surface area contributed by atoms with Crippen LogP contribution in [0.25, 0.3) is 0 Å². The van der Waals surface area contributed by atoms with E-state index in [4.69, 9.17) is 0 Å². The predicted molar refractivity (Wildman–Crippen MR) is 84.0 cm³/mol. The van der Waals surface area contributed by atoms with Crippen molar-refractivity contribution in [1.29, 1.82) is 0 Å². The number of piperazine rings is 1. The van der Waals surface area contributed by atoms with E-state index in [0.29, 0.717) is 6.04 Å². The second-order valence-electron chi connectivity index (χ2n) is 5.21. The minimum absolute atomic E-state index is 0.457. The van der Waals surface area contributed by atoms with E-state index in [1.54, 1.807) is 11.3 Å². The van der Waals surface area contributed by atoms with Crippen molar-refractivity contribution in [2.24, 2.45) is 0 Å². The molecule has 2 aromatic rings. The summed E-state index contributed by atoms with van der Waals surface area (Å²) in [5, 5.41) is 6.78. The first-order valence-corrected chi connectivity index (χ1v) is 8.16. The lowest BCUT2D eigenvalue weighted by molar-refractivity contribution is 0.153. The maximum Gasteiger partial charge on any atom is 0.107 e. The third kappa shape index (κ3) is 3.08. The lowest BCUT2D eigenvalue weighted by atomic mass is 10.0. The molecule has 0 bridgehead atoms. The van der Waals surface area contributed by atoms with Gasteiger partial charge < -0.3 is 5.32 Å². The number of rotatable bonds is 4. The van der Waals surface area contributed by atoms with E-state index in [-0.39, 0.29) is 0 Å². The van der Waals surface area contributed by atoms with Crippen molar-refractivity contribution in [2.45, 2.75) is 25.9 Å². The summed E-state index contributed by atoms with van der Waals surface area (Å²) in [7, 11) is 0. The van der Waals surface area contributed by atoms with Crippen LogP contribution in [0.4, 0.5) is 0 Å². The first-order chi connectivity index (χ1) is 9.86. The van der Waals surface area contributed by atoms with Crippen LogP contribution >= 0.6 is 11.3 Å². The van der Waals surface area contributed by atoms with Gasteiger partial charge in [0, 0.05) is 37.3 Å². The highest BCUT2D eigenvalue weighted by atomic mass is 32.1. The first-order valence-electron chi connectivity index (χ1n) is 7.29. The molecule has 4 heteroatoms. The Bertz CT molecular complexity index is 521. The molecule has 106 valence electrons. The van der Waals surface area contributed by atoms with Gasteiger partial charge in [0.1, 0.15) is 5.01 Å². The highest BCUT2D eigenvalue weighted by molar-refractivity contribution is 7.09. The van der Waals surface area contributed by atoms with Crippen LogP contribution in [0.5, 0.6) is 0 Å². The summed E-state index contributed by atoms with van der Waals surface area (Å²) in [6, 6.07) is 9.53. The Morgan fingerprint density at radius 1 is 1.35 bits per heavy atom. The Morgan fingerprint density at radius 3 is 2.90 bits per heavy atom. The fourth-order valence-corrected chi connectivity index (χ4v) is 3.39. The van der Waals surface area contributed by atoms with Gasteiger partial charge in [-0.3, -0.25) is 4.90 Å². The average molecular weight is 287 g/mol. The van der Waals surface area contributed by atoms with Crippen molar-refractivity contribution in [3.8, 4) is 0 Å². The van der Waals surface area contributed by atoms with Gasteiger partial charge in [-0.1, -0.05) is 31.2 Å². The molecule has 0 spiro atoms. The maximum absolute atomic E-state index is 4.42. The molecule has 1 unspecified atom stereocenters. The normalized spacial score (nSPS) is 20.1. The molecule has 0 radical (unpaired) electrons. The van der Waals surface area contributed by atoms with Crippen LogP contribution in [-0.2, 0) is 13.0 Å². The van der Waals surface area contributed by atoms with Gasteiger partial charge in [-0.15, -0.1) is 11.3 Å². The van der Waals surface area contributed by atoms with Crippen molar-refractivity contribution in [3.63, 3.8) is 0 Å². The van der Waals surface area contributed by atoms with Gasteiger partial charge in [-0.25, -0.2) is 4.98 Å². The van der Waals surface area contributed by atoms with E-state index >= 15 is 0 Å². The van der Waals surface area contributed by atoms with E-state index < -0.39 is 0 Å². The Hall–Kier alpha value is -1.23. The molecule has 1 atom stereocenters. The third-order valence-electron chi connectivity index (χ3n) is 3.95. The molecule has 1 N–H and O–H groups in total. The van der Waals surface area contributed by atoms with Crippen LogP contribution in [0.3, 0.4) is 0 Å². The number of hydrogen-bond donors (Lipinski definition) is 1. The zero-order chi connectivity index (χ0) is 13.8. The van der Waals surface area contributed by atoms with Crippen LogP contribution in [0.2, 0.25) is 0 Å². The SMILES string of the molecule is CCc1ccc(C2CNCCN2Cc2nccs2)cc1. The van der Waals surface area contributed by atoms with E-state index in [1.165, 1.54) is 16.1 Å². The van der Waals surface area contributed by atoms with E-state index in [1.807, 2.05) is 6.20 Å². The standard InChI is InChI=1S/C16H21N3S/c1-2-13-3-5-14(6-4-13)15-11-17-7-9-19(15)12-16-18-8-10-20-16/h3-6,8,10,15,17H,2,7,9,11-12H2,1H3. The molecule has 1 aliphatic rings. The number of thiazole rings is 1. The van der Waals surface area contributed by atoms with Crippen molar-refractivity contribution in [2.75, 3.05) is 19.6 Å². The van der Waals surface area contributed by atoms with Crippen LogP contribution in [0.15, 0.2) is 35.8 Å². The maximum atomic E-state index is 4.42. The largest absolute Gasteiger partial charge is 0.314 e. The average Bonchev–Trinajstić information content (AvgIpc) is 3.01. The molecule has 1 aliphatic heterocycles. The number of nitrogens with one attached hydrogen (secondary N) is 1. The van der Waals surface area contributed by atoms with Gasteiger partial charge in [0.15, 0.2) is 0 Å². The third-order valence-corrected chi connectivity index (χ3v) is 4.71. The molecular formula is C16H21N3S. The number of nitrogens with zero attached hydrogens (tertiary/aromatic N) is 2. The van der Waals surface area contributed by atoms with Gasteiger partial charge in [0.05, 0.1) is 6.54 Å². The Balaban J connectivity index is 1.77. The Morgan fingerprint density at radius 2 is 2.20 bits per heavy atom. The monoisotopic (exact) mass is 287 g/mol. The van der Waals surface area contributed by atoms with Gasteiger partial charge in [0.25, 0.3) is 0 Å². The zero-order valence-corrected chi connectivity index (χ0v) is 12.7. The molecule has 1 saturated heterocycles. The zero-order valence-electron chi connectivity index (χ0n) is 11.9. The summed E-state index contributed by atoms with van der Waals surface area (Å²) in [6.07, 6.45) is 3.00. The molecule has 20 heavy (non-hydrogen) atoms.